The molecule has 0 radical (unpaired) electrons. The molecule has 1 unspecified atom stereocenters. The Balaban J connectivity index is 2.76. The van der Waals surface area contributed by atoms with Gasteiger partial charge in [-0.05, 0) is 26.0 Å². The number of rotatable bonds is 3. The first-order valence-corrected chi connectivity index (χ1v) is 4.88. The average molecular weight is 208 g/mol. The molecule has 15 heavy (non-hydrogen) atoms. The molecule has 0 bridgehead atoms. The molecule has 82 valence electrons. The van der Waals surface area contributed by atoms with E-state index in [-0.39, 0.29) is 5.91 Å². The van der Waals surface area contributed by atoms with Gasteiger partial charge in [0.05, 0.1) is 6.10 Å². The van der Waals surface area contributed by atoms with Crippen LogP contribution in [0.25, 0.3) is 0 Å². The van der Waals surface area contributed by atoms with Gasteiger partial charge in [-0.25, -0.2) is 4.98 Å². The summed E-state index contributed by atoms with van der Waals surface area (Å²) >= 11 is 0. The maximum Gasteiger partial charge on any atom is 0.272 e. The van der Waals surface area contributed by atoms with Gasteiger partial charge in [0.25, 0.3) is 5.91 Å². The standard InChI is InChI=1S/C11H16N2O2/c1-8-5-4-6-10(12-8)11(15)13(3)7-9(2)14/h4-6,9,14H,7H2,1-3H3. The minimum atomic E-state index is -0.524. The van der Waals surface area contributed by atoms with Crippen LogP contribution in [0.4, 0.5) is 0 Å². The van der Waals surface area contributed by atoms with Crippen LogP contribution in [0, 0.1) is 6.92 Å². The van der Waals surface area contributed by atoms with Gasteiger partial charge in [-0.2, -0.15) is 0 Å². The normalized spacial score (nSPS) is 12.3. The summed E-state index contributed by atoms with van der Waals surface area (Å²) in [6.07, 6.45) is -0.524. The van der Waals surface area contributed by atoms with Crippen LogP contribution in [-0.4, -0.2) is 40.6 Å². The minimum Gasteiger partial charge on any atom is -0.392 e. The first-order chi connectivity index (χ1) is 7.00. The number of hydrogen-bond donors (Lipinski definition) is 1. The third-order valence-corrected chi connectivity index (χ3v) is 1.99. The first kappa shape index (κ1) is 11.7. The summed E-state index contributed by atoms with van der Waals surface area (Å²) < 4.78 is 0. The van der Waals surface area contributed by atoms with E-state index < -0.39 is 6.10 Å². The van der Waals surface area contributed by atoms with Crippen LogP contribution in [0.5, 0.6) is 0 Å². The quantitative estimate of drug-likeness (QED) is 0.801. The van der Waals surface area contributed by atoms with Gasteiger partial charge in [0, 0.05) is 19.3 Å². The molecule has 0 aromatic carbocycles. The zero-order chi connectivity index (χ0) is 11.4. The number of nitrogens with zero attached hydrogens (tertiary/aromatic N) is 2. The van der Waals surface area contributed by atoms with Gasteiger partial charge in [0.15, 0.2) is 0 Å². The van der Waals surface area contributed by atoms with Crippen molar-refractivity contribution < 1.29 is 9.90 Å². The Kier molecular flexibility index (Phi) is 3.80. The van der Waals surface area contributed by atoms with Crippen LogP contribution < -0.4 is 0 Å². The highest BCUT2D eigenvalue weighted by atomic mass is 16.3. The molecule has 0 saturated carbocycles. The zero-order valence-corrected chi connectivity index (χ0v) is 9.27. The second-order valence-corrected chi connectivity index (χ2v) is 3.70. The maximum atomic E-state index is 11.8. The molecule has 1 heterocycles. The number of amides is 1. The fourth-order valence-electron chi connectivity index (χ4n) is 1.34. The summed E-state index contributed by atoms with van der Waals surface area (Å²) in [7, 11) is 1.65. The van der Waals surface area contributed by atoms with Crippen molar-refractivity contribution in [3.05, 3.63) is 29.6 Å². The summed E-state index contributed by atoms with van der Waals surface area (Å²) in [4.78, 5) is 17.4. The molecule has 1 atom stereocenters. The van der Waals surface area contributed by atoms with E-state index in [2.05, 4.69) is 4.98 Å². The lowest BCUT2D eigenvalue weighted by Gasteiger charge is -2.18. The number of aryl methyl sites for hydroxylation is 1. The highest BCUT2D eigenvalue weighted by Gasteiger charge is 2.14. The molecular weight excluding hydrogens is 192 g/mol. The van der Waals surface area contributed by atoms with Gasteiger partial charge in [-0.15, -0.1) is 0 Å². The molecule has 0 aliphatic heterocycles. The summed E-state index contributed by atoms with van der Waals surface area (Å²) in [6, 6.07) is 5.31. The van der Waals surface area contributed by atoms with E-state index in [1.54, 1.807) is 26.1 Å². The molecule has 1 aromatic heterocycles. The highest BCUT2D eigenvalue weighted by Crippen LogP contribution is 2.02. The highest BCUT2D eigenvalue weighted by molar-refractivity contribution is 5.92. The van der Waals surface area contributed by atoms with Crippen LogP contribution in [0.2, 0.25) is 0 Å². The molecule has 0 spiro atoms. The lowest BCUT2D eigenvalue weighted by molar-refractivity contribution is 0.0698. The van der Waals surface area contributed by atoms with Gasteiger partial charge in [-0.1, -0.05) is 6.07 Å². The lowest BCUT2D eigenvalue weighted by Crippen LogP contribution is -2.33. The molecule has 0 saturated heterocycles. The van der Waals surface area contributed by atoms with Gasteiger partial charge in [0.1, 0.15) is 5.69 Å². The summed E-state index contributed by atoms with van der Waals surface area (Å²) in [5, 5.41) is 9.16. The third-order valence-electron chi connectivity index (χ3n) is 1.99. The Bertz CT molecular complexity index is 350. The van der Waals surface area contributed by atoms with Crippen molar-refractivity contribution in [2.45, 2.75) is 20.0 Å². The number of aliphatic hydroxyl groups excluding tert-OH is 1. The number of hydrogen-bond acceptors (Lipinski definition) is 3. The van der Waals surface area contributed by atoms with Crippen molar-refractivity contribution >= 4 is 5.91 Å². The van der Waals surface area contributed by atoms with Crippen molar-refractivity contribution in [3.8, 4) is 0 Å². The largest absolute Gasteiger partial charge is 0.392 e. The molecule has 1 amide bonds. The Labute approximate surface area is 89.6 Å². The average Bonchev–Trinajstić information content (AvgIpc) is 2.15. The Morgan fingerprint density at radius 2 is 2.27 bits per heavy atom. The fraction of sp³-hybridized carbons (Fsp3) is 0.455. The number of carbonyl (C=O) groups excluding carboxylic acids is 1. The molecule has 0 aliphatic rings. The van der Waals surface area contributed by atoms with E-state index in [1.807, 2.05) is 13.0 Å². The van der Waals surface area contributed by atoms with Crippen LogP contribution in [0.15, 0.2) is 18.2 Å². The topological polar surface area (TPSA) is 53.4 Å². The smallest absolute Gasteiger partial charge is 0.272 e. The van der Waals surface area contributed by atoms with Gasteiger partial charge < -0.3 is 10.0 Å². The Hall–Kier alpha value is -1.42. The minimum absolute atomic E-state index is 0.167. The van der Waals surface area contributed by atoms with Crippen LogP contribution in [0.1, 0.15) is 23.1 Å². The van der Waals surface area contributed by atoms with Crippen molar-refractivity contribution in [3.63, 3.8) is 0 Å². The van der Waals surface area contributed by atoms with Crippen LogP contribution >= 0.6 is 0 Å². The van der Waals surface area contributed by atoms with Crippen molar-refractivity contribution in [1.82, 2.24) is 9.88 Å². The SMILES string of the molecule is Cc1cccc(C(=O)N(C)CC(C)O)n1. The second-order valence-electron chi connectivity index (χ2n) is 3.70. The van der Waals surface area contributed by atoms with Crippen molar-refractivity contribution in [2.75, 3.05) is 13.6 Å². The molecule has 1 rings (SSSR count). The predicted molar refractivity (Wildman–Crippen MR) is 57.6 cm³/mol. The summed E-state index contributed by atoms with van der Waals surface area (Å²) in [5.41, 5.74) is 1.23. The molecule has 1 N–H and O–H groups in total. The van der Waals surface area contributed by atoms with Crippen LogP contribution in [0.3, 0.4) is 0 Å². The number of likely N-dealkylation sites (N-methyl/N-ethyl adjacent to an activating group) is 1. The van der Waals surface area contributed by atoms with Gasteiger partial charge in [-0.3, -0.25) is 4.79 Å². The lowest BCUT2D eigenvalue weighted by atomic mass is 10.2. The van der Waals surface area contributed by atoms with E-state index in [9.17, 15) is 4.79 Å². The van der Waals surface area contributed by atoms with Gasteiger partial charge in [0.2, 0.25) is 0 Å². The number of aliphatic hydroxyl groups is 1. The van der Waals surface area contributed by atoms with E-state index in [0.717, 1.165) is 5.69 Å². The van der Waals surface area contributed by atoms with Gasteiger partial charge >= 0.3 is 0 Å². The zero-order valence-electron chi connectivity index (χ0n) is 9.27. The van der Waals surface area contributed by atoms with E-state index >= 15 is 0 Å². The first-order valence-electron chi connectivity index (χ1n) is 4.88. The number of carbonyl (C=O) groups is 1. The van der Waals surface area contributed by atoms with Crippen LogP contribution in [-0.2, 0) is 0 Å². The Morgan fingerprint density at radius 3 is 2.80 bits per heavy atom. The molecule has 4 heteroatoms. The van der Waals surface area contributed by atoms with E-state index in [1.165, 1.54) is 4.90 Å². The monoisotopic (exact) mass is 208 g/mol. The molecule has 4 nitrogen and oxygen atoms in total. The maximum absolute atomic E-state index is 11.8. The fourth-order valence-corrected chi connectivity index (χ4v) is 1.34. The number of pyridine rings is 1. The molecule has 1 aromatic rings. The third kappa shape index (κ3) is 3.32. The van der Waals surface area contributed by atoms with E-state index in [0.29, 0.717) is 12.2 Å². The molecular formula is C11H16N2O2. The van der Waals surface area contributed by atoms with Crippen molar-refractivity contribution in [1.29, 1.82) is 0 Å². The Morgan fingerprint density at radius 1 is 1.60 bits per heavy atom. The number of aromatic nitrogens is 1. The molecule has 0 aliphatic carbocycles. The van der Waals surface area contributed by atoms with E-state index in [4.69, 9.17) is 5.11 Å². The summed E-state index contributed by atoms with van der Waals surface area (Å²) in [6.45, 7) is 3.80. The second kappa shape index (κ2) is 4.89. The predicted octanol–water partition coefficient (Wildman–Crippen LogP) is 0.843. The summed E-state index contributed by atoms with van der Waals surface area (Å²) in [5.74, 6) is -0.167. The molecule has 0 fully saturated rings. The van der Waals surface area contributed by atoms with Crippen molar-refractivity contribution in [2.24, 2.45) is 0 Å².